The number of carbonyl (C=O) groups is 1. The maximum atomic E-state index is 15.4. The summed E-state index contributed by atoms with van der Waals surface area (Å²) in [6, 6.07) is 5.31. The summed E-state index contributed by atoms with van der Waals surface area (Å²) < 4.78 is 90.2. The van der Waals surface area contributed by atoms with E-state index in [1.165, 1.54) is 37.8 Å². The van der Waals surface area contributed by atoms with Crippen LogP contribution in [-0.2, 0) is 16.9 Å². The number of benzene rings is 2. The van der Waals surface area contributed by atoms with Crippen molar-refractivity contribution < 1.29 is 41.0 Å². The SMILES string of the molecule is CC#Cc1ccc(N2C(=O)C(C)(C)N(c3cc(F)c4nc(C(C)(F)F)nc(OCCO)c4c3)C2=S)cc1C(F)(F)F. The van der Waals surface area contributed by atoms with Crippen molar-refractivity contribution >= 4 is 45.5 Å². The van der Waals surface area contributed by atoms with Gasteiger partial charge in [-0.25, -0.2) is 9.37 Å². The molecule has 3 aromatic rings. The molecule has 1 N–H and O–H groups in total. The normalized spacial score (nSPS) is 15.4. The quantitative estimate of drug-likeness (QED) is 0.227. The van der Waals surface area contributed by atoms with E-state index in [-0.39, 0.29) is 34.0 Å². The maximum absolute atomic E-state index is 15.4. The van der Waals surface area contributed by atoms with Crippen LogP contribution >= 0.6 is 12.2 Å². The number of aliphatic hydroxyl groups is 1. The van der Waals surface area contributed by atoms with Crippen LogP contribution < -0.4 is 14.5 Å². The van der Waals surface area contributed by atoms with E-state index in [9.17, 15) is 26.7 Å². The summed E-state index contributed by atoms with van der Waals surface area (Å²) in [7, 11) is 0. The van der Waals surface area contributed by atoms with Crippen LogP contribution in [0.2, 0.25) is 0 Å². The fraction of sp³-hybridized carbons (Fsp3) is 0.333. The predicted molar refractivity (Wildman–Crippen MR) is 142 cm³/mol. The van der Waals surface area contributed by atoms with Crippen LogP contribution in [0.25, 0.3) is 10.9 Å². The molecule has 14 heteroatoms. The van der Waals surface area contributed by atoms with Gasteiger partial charge >= 0.3 is 12.1 Å². The summed E-state index contributed by atoms with van der Waals surface area (Å²) in [6.45, 7) is 3.92. The van der Waals surface area contributed by atoms with Crippen molar-refractivity contribution in [1.82, 2.24) is 9.97 Å². The second kappa shape index (κ2) is 10.5. The first-order valence-electron chi connectivity index (χ1n) is 12.0. The van der Waals surface area contributed by atoms with Gasteiger partial charge in [0.05, 0.1) is 23.2 Å². The lowest BCUT2D eigenvalue weighted by atomic mass is 10.0. The van der Waals surface area contributed by atoms with E-state index in [0.29, 0.717) is 6.92 Å². The number of alkyl halides is 5. The number of amides is 1. The van der Waals surface area contributed by atoms with Gasteiger partial charge in [-0.1, -0.05) is 5.92 Å². The van der Waals surface area contributed by atoms with Crippen molar-refractivity contribution in [2.75, 3.05) is 23.0 Å². The molecular formula is C27H22F6N4O3S. The van der Waals surface area contributed by atoms with Gasteiger partial charge < -0.3 is 14.7 Å². The maximum Gasteiger partial charge on any atom is 0.417 e. The molecule has 1 amide bonds. The van der Waals surface area contributed by atoms with Crippen LogP contribution in [0.5, 0.6) is 5.88 Å². The number of ether oxygens (including phenoxy) is 1. The number of rotatable bonds is 6. The van der Waals surface area contributed by atoms with E-state index in [2.05, 4.69) is 21.8 Å². The molecule has 0 saturated carbocycles. The molecule has 2 aromatic carbocycles. The number of halogens is 6. The van der Waals surface area contributed by atoms with Crippen LogP contribution in [0.1, 0.15) is 44.6 Å². The first kappa shape index (κ1) is 30.0. The Labute approximate surface area is 235 Å². The van der Waals surface area contributed by atoms with Gasteiger partial charge in [0.15, 0.2) is 10.9 Å². The van der Waals surface area contributed by atoms with Gasteiger partial charge in [-0.15, -0.1) is 5.92 Å². The van der Waals surface area contributed by atoms with Crippen LogP contribution in [-0.4, -0.2) is 44.8 Å². The molecule has 1 fully saturated rings. The lowest BCUT2D eigenvalue weighted by Crippen LogP contribution is -2.44. The monoisotopic (exact) mass is 596 g/mol. The second-order valence-corrected chi connectivity index (χ2v) is 9.92. The number of hydrogen-bond donors (Lipinski definition) is 1. The molecule has 0 radical (unpaired) electrons. The molecule has 4 rings (SSSR count). The fourth-order valence-electron chi connectivity index (χ4n) is 4.33. The first-order chi connectivity index (χ1) is 19.0. The number of aromatic nitrogens is 2. The van der Waals surface area contributed by atoms with E-state index in [1.54, 1.807) is 0 Å². The Morgan fingerprint density at radius 3 is 2.37 bits per heavy atom. The molecular weight excluding hydrogens is 574 g/mol. The zero-order chi connectivity index (χ0) is 30.5. The highest BCUT2D eigenvalue weighted by molar-refractivity contribution is 7.81. The molecule has 7 nitrogen and oxygen atoms in total. The predicted octanol–water partition coefficient (Wildman–Crippen LogP) is 5.56. The van der Waals surface area contributed by atoms with Gasteiger partial charge in [0.2, 0.25) is 11.7 Å². The molecule has 0 aliphatic carbocycles. The summed E-state index contributed by atoms with van der Waals surface area (Å²) in [4.78, 5) is 23.0. The Bertz CT molecular complexity index is 1630. The lowest BCUT2D eigenvalue weighted by molar-refractivity contribution is -0.137. The Morgan fingerprint density at radius 2 is 1.78 bits per heavy atom. The highest BCUT2D eigenvalue weighted by atomic mass is 32.1. The molecule has 216 valence electrons. The Kier molecular flexibility index (Phi) is 7.66. The number of aliphatic hydroxyl groups excluding tert-OH is 1. The van der Waals surface area contributed by atoms with E-state index in [0.717, 1.165) is 23.1 Å². The van der Waals surface area contributed by atoms with E-state index < -0.39 is 58.8 Å². The lowest BCUT2D eigenvalue weighted by Gasteiger charge is -2.30. The smallest absolute Gasteiger partial charge is 0.417 e. The molecule has 1 aliphatic heterocycles. The zero-order valence-electron chi connectivity index (χ0n) is 22.0. The average Bonchev–Trinajstić information content (AvgIpc) is 3.05. The molecule has 0 unspecified atom stereocenters. The third kappa shape index (κ3) is 5.39. The Morgan fingerprint density at radius 1 is 1.10 bits per heavy atom. The van der Waals surface area contributed by atoms with Gasteiger partial charge in [0.1, 0.15) is 17.7 Å². The van der Waals surface area contributed by atoms with Crippen molar-refractivity contribution in [3.05, 3.63) is 53.1 Å². The summed E-state index contributed by atoms with van der Waals surface area (Å²) in [5.41, 5.74) is -3.63. The highest BCUT2D eigenvalue weighted by Gasteiger charge is 2.51. The minimum Gasteiger partial charge on any atom is -0.475 e. The van der Waals surface area contributed by atoms with Crippen molar-refractivity contribution in [1.29, 1.82) is 0 Å². The molecule has 0 spiro atoms. The number of carbonyl (C=O) groups excluding carboxylic acids is 1. The minimum absolute atomic E-state index is 0.0428. The van der Waals surface area contributed by atoms with E-state index >= 15 is 4.39 Å². The highest BCUT2D eigenvalue weighted by Crippen LogP contribution is 2.41. The topological polar surface area (TPSA) is 78.8 Å². The van der Waals surface area contributed by atoms with Crippen LogP contribution in [0.3, 0.4) is 0 Å². The average molecular weight is 597 g/mol. The third-order valence-corrected chi connectivity index (χ3v) is 6.54. The number of nitrogens with zero attached hydrogens (tertiary/aromatic N) is 4. The number of thiocarbonyl (C=S) groups is 1. The summed E-state index contributed by atoms with van der Waals surface area (Å²) >= 11 is 5.52. The minimum atomic E-state index is -4.78. The molecule has 1 aromatic heterocycles. The van der Waals surface area contributed by atoms with Gasteiger partial charge in [-0.05, 0) is 63.3 Å². The number of anilines is 2. The van der Waals surface area contributed by atoms with Crippen LogP contribution in [0, 0.1) is 17.7 Å². The standard InChI is InChI=1S/C27H22F6N4O3S/c1-5-6-14-7-8-15(12-18(14)27(31,32)33)36-23(39)25(2,3)37(24(36)41)16-11-17-20(19(28)13-16)34-22(26(4,29)30)35-21(17)40-10-9-38/h7-8,11-13,38H,9-10H2,1-4H3. The van der Waals surface area contributed by atoms with Crippen molar-refractivity contribution in [2.24, 2.45) is 0 Å². The fourth-order valence-corrected chi connectivity index (χ4v) is 4.85. The molecule has 0 atom stereocenters. The van der Waals surface area contributed by atoms with Gasteiger partial charge in [-0.2, -0.15) is 26.9 Å². The molecule has 41 heavy (non-hydrogen) atoms. The zero-order valence-corrected chi connectivity index (χ0v) is 22.8. The Hall–Kier alpha value is -3.96. The van der Waals surface area contributed by atoms with Gasteiger partial charge in [0.25, 0.3) is 5.91 Å². The van der Waals surface area contributed by atoms with Gasteiger partial charge in [-0.3, -0.25) is 9.69 Å². The van der Waals surface area contributed by atoms with E-state index in [1.807, 2.05) is 0 Å². The van der Waals surface area contributed by atoms with Crippen LogP contribution in [0.4, 0.5) is 37.7 Å². The van der Waals surface area contributed by atoms with Crippen molar-refractivity contribution in [2.45, 2.75) is 45.3 Å². The summed E-state index contributed by atoms with van der Waals surface area (Å²) in [5, 5.41) is 8.73. The summed E-state index contributed by atoms with van der Waals surface area (Å²) in [6.07, 6.45) is -4.78. The molecule has 2 heterocycles. The largest absolute Gasteiger partial charge is 0.475 e. The third-order valence-electron chi connectivity index (χ3n) is 6.18. The molecule has 1 saturated heterocycles. The Balaban J connectivity index is 1.88. The molecule has 0 bridgehead atoms. The van der Waals surface area contributed by atoms with Crippen LogP contribution in [0.15, 0.2) is 30.3 Å². The summed E-state index contributed by atoms with van der Waals surface area (Å²) in [5.74, 6) is -1.99. The molecule has 1 aliphatic rings. The first-order valence-corrected chi connectivity index (χ1v) is 12.4. The van der Waals surface area contributed by atoms with Gasteiger partial charge in [0, 0.05) is 18.2 Å². The second-order valence-electron chi connectivity index (χ2n) is 9.56. The number of hydrogen-bond acceptors (Lipinski definition) is 6. The van der Waals surface area contributed by atoms with Crippen molar-refractivity contribution in [3.63, 3.8) is 0 Å². The van der Waals surface area contributed by atoms with Crippen molar-refractivity contribution in [3.8, 4) is 17.7 Å². The van der Waals surface area contributed by atoms with E-state index in [4.69, 9.17) is 22.1 Å². The number of fused-ring (bicyclic) bond motifs is 1.